The predicted octanol–water partition coefficient (Wildman–Crippen LogP) is 3.40. The van der Waals surface area contributed by atoms with Crippen LogP contribution in [0.4, 0.5) is 5.69 Å². The molecule has 1 amide bonds. The van der Waals surface area contributed by atoms with Crippen molar-refractivity contribution in [3.05, 3.63) is 28.8 Å². The molecule has 1 saturated carbocycles. The molecular weight excluding hydrogens is 295 g/mol. The number of aryl methyl sites for hydroxylation is 1. The van der Waals surface area contributed by atoms with Crippen LogP contribution < -0.4 is 10.6 Å². The van der Waals surface area contributed by atoms with Crippen LogP contribution in [-0.2, 0) is 4.79 Å². The number of carbonyl (C=O) groups excluding carboxylic acids is 1. The van der Waals surface area contributed by atoms with Crippen molar-refractivity contribution in [1.29, 1.82) is 0 Å². The first-order chi connectivity index (χ1) is 9.11. The third-order valence-corrected chi connectivity index (χ3v) is 4.80. The van der Waals surface area contributed by atoms with Crippen LogP contribution in [0.5, 0.6) is 0 Å². The Kier molecular flexibility index (Phi) is 4.62. The molecule has 2 fully saturated rings. The summed E-state index contributed by atoms with van der Waals surface area (Å²) in [5.41, 5.74) is 2.10. The van der Waals surface area contributed by atoms with Crippen LogP contribution in [0, 0.1) is 18.3 Å². The Morgan fingerprint density at radius 2 is 2.10 bits per heavy atom. The maximum absolute atomic E-state index is 12.3. The zero-order valence-corrected chi connectivity index (χ0v) is 13.1. The third-order valence-electron chi connectivity index (χ3n) is 4.49. The number of carbonyl (C=O) groups is 1. The van der Waals surface area contributed by atoms with Gasteiger partial charge in [0.15, 0.2) is 0 Å². The van der Waals surface area contributed by atoms with Crippen molar-refractivity contribution in [3.63, 3.8) is 0 Å². The van der Waals surface area contributed by atoms with Gasteiger partial charge in [0.1, 0.15) is 0 Å². The second kappa shape index (κ2) is 5.92. The van der Waals surface area contributed by atoms with Crippen LogP contribution in [-0.4, -0.2) is 19.0 Å². The van der Waals surface area contributed by atoms with Gasteiger partial charge in [0.05, 0.1) is 10.7 Å². The molecule has 1 heterocycles. The van der Waals surface area contributed by atoms with Crippen molar-refractivity contribution < 1.29 is 4.79 Å². The molecule has 1 aliphatic heterocycles. The first-order valence-electron chi connectivity index (χ1n) is 6.88. The van der Waals surface area contributed by atoms with Gasteiger partial charge in [0.2, 0.25) is 5.91 Å². The van der Waals surface area contributed by atoms with Gasteiger partial charge >= 0.3 is 0 Å². The van der Waals surface area contributed by atoms with E-state index in [0.717, 1.165) is 43.6 Å². The van der Waals surface area contributed by atoms with Crippen LogP contribution in [0.1, 0.15) is 24.8 Å². The summed E-state index contributed by atoms with van der Waals surface area (Å²) < 4.78 is 0. The van der Waals surface area contributed by atoms with Gasteiger partial charge in [-0.1, -0.05) is 17.7 Å². The topological polar surface area (TPSA) is 41.1 Å². The summed E-state index contributed by atoms with van der Waals surface area (Å²) in [5.74, 6) is 0.305. The molecule has 0 bridgehead atoms. The summed E-state index contributed by atoms with van der Waals surface area (Å²) in [4.78, 5) is 12.3. The third kappa shape index (κ3) is 2.95. The summed E-state index contributed by atoms with van der Waals surface area (Å²) in [5, 5.41) is 6.95. The molecule has 2 N–H and O–H groups in total. The number of anilines is 1. The van der Waals surface area contributed by atoms with E-state index in [0.29, 0.717) is 5.02 Å². The molecule has 1 atom stereocenters. The van der Waals surface area contributed by atoms with Gasteiger partial charge in [-0.2, -0.15) is 0 Å². The molecule has 1 spiro atoms. The fourth-order valence-corrected chi connectivity index (χ4v) is 3.42. The van der Waals surface area contributed by atoms with E-state index < -0.39 is 0 Å². The lowest BCUT2D eigenvalue weighted by Gasteiger charge is -2.23. The lowest BCUT2D eigenvalue weighted by molar-refractivity contribution is -0.118. The monoisotopic (exact) mass is 314 g/mol. The largest absolute Gasteiger partial charge is 0.325 e. The van der Waals surface area contributed by atoms with Crippen LogP contribution in [0.2, 0.25) is 5.02 Å². The number of hydrogen-bond donors (Lipinski definition) is 2. The number of rotatable bonds is 2. The van der Waals surface area contributed by atoms with Gasteiger partial charge in [-0.15, -0.1) is 12.4 Å². The predicted molar refractivity (Wildman–Crippen MR) is 84.7 cm³/mol. The van der Waals surface area contributed by atoms with E-state index in [1.54, 1.807) is 0 Å². The second-order valence-corrected chi connectivity index (χ2v) is 6.25. The number of hydrogen-bond acceptors (Lipinski definition) is 2. The highest BCUT2D eigenvalue weighted by atomic mass is 35.5. The van der Waals surface area contributed by atoms with Crippen molar-refractivity contribution in [2.75, 3.05) is 18.4 Å². The number of piperidine rings is 1. The van der Waals surface area contributed by atoms with Gasteiger partial charge in [0, 0.05) is 5.92 Å². The molecule has 3 nitrogen and oxygen atoms in total. The fraction of sp³-hybridized carbons (Fsp3) is 0.533. The molecule has 1 unspecified atom stereocenters. The second-order valence-electron chi connectivity index (χ2n) is 5.84. The molecule has 1 aromatic rings. The van der Waals surface area contributed by atoms with Crippen LogP contribution >= 0.6 is 24.0 Å². The molecule has 3 rings (SSSR count). The average molecular weight is 315 g/mol. The number of halogens is 2. The van der Waals surface area contributed by atoms with Gasteiger partial charge in [-0.3, -0.25) is 4.79 Å². The zero-order chi connectivity index (χ0) is 13.5. The van der Waals surface area contributed by atoms with E-state index in [4.69, 9.17) is 11.6 Å². The van der Waals surface area contributed by atoms with E-state index in [9.17, 15) is 4.79 Å². The lowest BCUT2D eigenvalue weighted by atomic mass is 9.92. The van der Waals surface area contributed by atoms with E-state index in [2.05, 4.69) is 10.6 Å². The fourth-order valence-electron chi connectivity index (χ4n) is 3.14. The quantitative estimate of drug-likeness (QED) is 0.878. The minimum atomic E-state index is 0. The number of benzene rings is 1. The normalized spacial score (nSPS) is 23.0. The first kappa shape index (κ1) is 15.6. The maximum atomic E-state index is 12.3. The maximum Gasteiger partial charge on any atom is 0.228 e. The van der Waals surface area contributed by atoms with Gasteiger partial charge in [-0.25, -0.2) is 0 Å². The summed E-state index contributed by atoms with van der Waals surface area (Å²) in [7, 11) is 0. The summed E-state index contributed by atoms with van der Waals surface area (Å²) >= 11 is 6.15. The Labute approximate surface area is 130 Å². The van der Waals surface area contributed by atoms with Gasteiger partial charge < -0.3 is 10.6 Å². The highest BCUT2D eigenvalue weighted by molar-refractivity contribution is 6.33. The van der Waals surface area contributed by atoms with Crippen LogP contribution in [0.3, 0.4) is 0 Å². The molecule has 0 aromatic heterocycles. The van der Waals surface area contributed by atoms with E-state index in [1.807, 2.05) is 25.1 Å². The van der Waals surface area contributed by atoms with Crippen LogP contribution in [0.15, 0.2) is 18.2 Å². The van der Waals surface area contributed by atoms with Gasteiger partial charge in [0.25, 0.3) is 0 Å². The van der Waals surface area contributed by atoms with E-state index >= 15 is 0 Å². The molecule has 1 saturated heterocycles. The molecular formula is C15H20Cl2N2O. The van der Waals surface area contributed by atoms with E-state index in [1.165, 1.54) is 0 Å². The molecule has 110 valence electrons. The van der Waals surface area contributed by atoms with E-state index in [-0.39, 0.29) is 29.6 Å². The van der Waals surface area contributed by atoms with Crippen molar-refractivity contribution >= 4 is 35.6 Å². The molecule has 1 aromatic carbocycles. The molecule has 0 radical (unpaired) electrons. The van der Waals surface area contributed by atoms with Crippen LogP contribution in [0.25, 0.3) is 0 Å². The molecule has 1 aliphatic carbocycles. The number of nitrogens with one attached hydrogen (secondary N) is 2. The highest BCUT2D eigenvalue weighted by Crippen LogP contribution is 2.58. The Bertz CT molecular complexity index is 513. The lowest BCUT2D eigenvalue weighted by Crippen LogP contribution is -2.31. The minimum absolute atomic E-state index is 0. The first-order valence-corrected chi connectivity index (χ1v) is 7.26. The van der Waals surface area contributed by atoms with Crippen molar-refractivity contribution in [2.24, 2.45) is 11.3 Å². The highest BCUT2D eigenvalue weighted by Gasteiger charge is 2.57. The average Bonchev–Trinajstić information content (AvgIpc) is 3.07. The Morgan fingerprint density at radius 3 is 2.75 bits per heavy atom. The summed E-state index contributed by atoms with van der Waals surface area (Å²) in [6, 6.07) is 5.73. The summed E-state index contributed by atoms with van der Waals surface area (Å²) in [6.07, 6.45) is 3.27. The molecule has 2 aliphatic rings. The standard InChI is InChI=1S/C15H19ClN2O.ClH/c1-10-2-3-13(12(16)8-10)18-14(19)11-9-15(11)4-6-17-7-5-15;/h2-3,8,11,17H,4-7,9H2,1H3,(H,18,19);1H. The Balaban J connectivity index is 0.00000147. The molecule has 5 heteroatoms. The van der Waals surface area contributed by atoms with Crippen molar-refractivity contribution in [2.45, 2.75) is 26.2 Å². The van der Waals surface area contributed by atoms with Crippen molar-refractivity contribution in [1.82, 2.24) is 5.32 Å². The SMILES string of the molecule is Cc1ccc(NC(=O)C2CC23CCNCC3)c(Cl)c1.Cl. The summed E-state index contributed by atoms with van der Waals surface area (Å²) in [6.45, 7) is 4.06. The Hall–Kier alpha value is -0.770. The zero-order valence-electron chi connectivity index (χ0n) is 11.5. The minimum Gasteiger partial charge on any atom is -0.325 e. The Morgan fingerprint density at radius 1 is 1.40 bits per heavy atom. The molecule has 20 heavy (non-hydrogen) atoms. The smallest absolute Gasteiger partial charge is 0.228 e. The van der Waals surface area contributed by atoms with Crippen molar-refractivity contribution in [3.8, 4) is 0 Å². The van der Waals surface area contributed by atoms with Gasteiger partial charge in [-0.05, 0) is 62.4 Å². The number of amides is 1.